The standard InChI is InChI=1S/C13H8Cl4O3/c14-8-4-2-1-3(5(4)9(15)11(17)10(8)16)7-6(2)12(18)20-13(7)19/h2-7H,1H2. The lowest BCUT2D eigenvalue weighted by molar-refractivity contribution is -0.154. The highest BCUT2D eigenvalue weighted by atomic mass is 35.5. The molecule has 6 unspecified atom stereocenters. The second kappa shape index (κ2) is 4.16. The predicted molar refractivity (Wildman–Crippen MR) is 74.1 cm³/mol. The van der Waals surface area contributed by atoms with Crippen LogP contribution in [0.1, 0.15) is 6.42 Å². The molecule has 2 bridgehead atoms. The average molecular weight is 354 g/mol. The zero-order valence-corrected chi connectivity index (χ0v) is 12.9. The fourth-order valence-corrected chi connectivity index (χ4v) is 5.82. The van der Waals surface area contributed by atoms with Crippen LogP contribution in [-0.2, 0) is 14.3 Å². The first-order chi connectivity index (χ1) is 9.43. The number of hydrogen-bond acceptors (Lipinski definition) is 3. The first kappa shape index (κ1) is 13.4. The van der Waals surface area contributed by atoms with Gasteiger partial charge in [-0.1, -0.05) is 46.4 Å². The molecule has 0 spiro atoms. The third-order valence-electron chi connectivity index (χ3n) is 5.11. The van der Waals surface area contributed by atoms with Gasteiger partial charge < -0.3 is 4.74 Å². The maximum Gasteiger partial charge on any atom is 0.317 e. The van der Waals surface area contributed by atoms with E-state index in [4.69, 9.17) is 51.1 Å². The Kier molecular flexibility index (Phi) is 2.80. The number of carbonyl (C=O) groups excluding carboxylic acids is 2. The van der Waals surface area contributed by atoms with Crippen molar-refractivity contribution in [2.75, 3.05) is 0 Å². The van der Waals surface area contributed by atoms with E-state index in [2.05, 4.69) is 0 Å². The first-order valence-electron chi connectivity index (χ1n) is 6.29. The molecule has 4 rings (SSSR count). The van der Waals surface area contributed by atoms with Gasteiger partial charge in [0.25, 0.3) is 0 Å². The van der Waals surface area contributed by atoms with Crippen LogP contribution in [0.5, 0.6) is 0 Å². The lowest BCUT2D eigenvalue weighted by Gasteiger charge is -2.38. The van der Waals surface area contributed by atoms with Crippen molar-refractivity contribution in [3.8, 4) is 0 Å². The van der Waals surface area contributed by atoms with Gasteiger partial charge in [-0.05, 0) is 18.3 Å². The number of rotatable bonds is 0. The monoisotopic (exact) mass is 352 g/mol. The molecule has 4 aliphatic rings. The van der Waals surface area contributed by atoms with E-state index in [-0.39, 0.29) is 33.7 Å². The van der Waals surface area contributed by atoms with Crippen molar-refractivity contribution in [2.45, 2.75) is 6.42 Å². The molecular weight excluding hydrogens is 346 g/mol. The molecule has 3 fully saturated rings. The maximum atomic E-state index is 11.9. The van der Waals surface area contributed by atoms with Crippen LogP contribution in [-0.4, -0.2) is 11.9 Å². The first-order valence-corrected chi connectivity index (χ1v) is 7.81. The molecule has 0 aromatic carbocycles. The summed E-state index contributed by atoms with van der Waals surface area (Å²) >= 11 is 24.9. The summed E-state index contributed by atoms with van der Waals surface area (Å²) in [6, 6.07) is 0. The molecule has 1 heterocycles. The highest BCUT2D eigenvalue weighted by Crippen LogP contribution is 2.67. The van der Waals surface area contributed by atoms with E-state index < -0.39 is 23.8 Å². The molecule has 6 atom stereocenters. The van der Waals surface area contributed by atoms with Crippen LogP contribution in [0.25, 0.3) is 0 Å². The minimum absolute atomic E-state index is 0.0475. The van der Waals surface area contributed by atoms with Gasteiger partial charge in [0, 0.05) is 21.9 Å². The molecule has 0 aromatic heterocycles. The minimum Gasteiger partial charge on any atom is -0.393 e. The van der Waals surface area contributed by atoms with Crippen molar-refractivity contribution in [1.29, 1.82) is 0 Å². The van der Waals surface area contributed by atoms with Gasteiger partial charge in [-0.15, -0.1) is 0 Å². The number of carbonyl (C=O) groups is 2. The summed E-state index contributed by atoms with van der Waals surface area (Å²) in [5.74, 6) is -2.07. The number of esters is 2. The van der Waals surface area contributed by atoms with Gasteiger partial charge in [0.2, 0.25) is 0 Å². The molecule has 0 aromatic rings. The van der Waals surface area contributed by atoms with E-state index in [0.717, 1.165) is 6.42 Å². The topological polar surface area (TPSA) is 43.4 Å². The Morgan fingerprint density at radius 1 is 0.750 bits per heavy atom. The Balaban J connectivity index is 1.85. The fourth-order valence-electron chi connectivity index (χ4n) is 4.48. The van der Waals surface area contributed by atoms with Crippen molar-refractivity contribution in [2.24, 2.45) is 35.5 Å². The number of fused-ring (bicyclic) bond motifs is 8. The van der Waals surface area contributed by atoms with Crippen LogP contribution in [0, 0.1) is 35.5 Å². The van der Waals surface area contributed by atoms with E-state index in [1.165, 1.54) is 0 Å². The van der Waals surface area contributed by atoms with Crippen molar-refractivity contribution < 1.29 is 14.3 Å². The van der Waals surface area contributed by atoms with E-state index in [1.54, 1.807) is 0 Å². The second-order valence-corrected chi connectivity index (χ2v) is 7.30. The number of allylic oxidation sites excluding steroid dienone is 4. The Labute approximate surface area is 134 Å². The summed E-state index contributed by atoms with van der Waals surface area (Å²) in [4.78, 5) is 23.7. The molecule has 20 heavy (non-hydrogen) atoms. The molecular formula is C13H8Cl4O3. The van der Waals surface area contributed by atoms with Crippen molar-refractivity contribution in [1.82, 2.24) is 0 Å². The van der Waals surface area contributed by atoms with Crippen LogP contribution in [0.3, 0.4) is 0 Å². The maximum absolute atomic E-state index is 11.9. The van der Waals surface area contributed by atoms with E-state index in [9.17, 15) is 9.59 Å². The van der Waals surface area contributed by atoms with Crippen molar-refractivity contribution >= 4 is 58.3 Å². The normalized spacial score (nSPS) is 46.0. The summed E-state index contributed by atoms with van der Waals surface area (Å²) in [7, 11) is 0. The Hall–Kier alpha value is -0.220. The van der Waals surface area contributed by atoms with Crippen LogP contribution < -0.4 is 0 Å². The lowest BCUT2D eigenvalue weighted by atomic mass is 9.67. The summed E-state index contributed by atoms with van der Waals surface area (Å²) < 4.78 is 4.78. The highest BCUT2D eigenvalue weighted by molar-refractivity contribution is 6.51. The van der Waals surface area contributed by atoms with Gasteiger partial charge in [-0.25, -0.2) is 0 Å². The van der Waals surface area contributed by atoms with E-state index >= 15 is 0 Å². The van der Waals surface area contributed by atoms with Crippen LogP contribution in [0.15, 0.2) is 20.1 Å². The van der Waals surface area contributed by atoms with Crippen LogP contribution >= 0.6 is 46.4 Å². The molecule has 7 heteroatoms. The second-order valence-electron chi connectivity index (χ2n) is 5.73. The zero-order chi connectivity index (χ0) is 14.3. The molecule has 1 aliphatic heterocycles. The van der Waals surface area contributed by atoms with Crippen molar-refractivity contribution in [3.63, 3.8) is 0 Å². The van der Waals surface area contributed by atoms with Gasteiger partial charge >= 0.3 is 11.9 Å². The third kappa shape index (κ3) is 1.40. The summed E-state index contributed by atoms with van der Waals surface area (Å²) in [6.45, 7) is 0. The molecule has 3 nitrogen and oxygen atoms in total. The summed E-state index contributed by atoms with van der Waals surface area (Å²) in [6.07, 6.45) is 0.728. The quantitative estimate of drug-likeness (QED) is 0.494. The molecule has 1 saturated heterocycles. The Morgan fingerprint density at radius 3 is 1.55 bits per heavy atom. The number of hydrogen-bond donors (Lipinski definition) is 0. The molecule has 0 radical (unpaired) electrons. The zero-order valence-electron chi connectivity index (χ0n) is 9.91. The van der Waals surface area contributed by atoms with Gasteiger partial charge in [0.1, 0.15) is 0 Å². The lowest BCUT2D eigenvalue weighted by Crippen LogP contribution is -2.38. The largest absolute Gasteiger partial charge is 0.393 e. The Bertz CT molecular complexity index is 571. The molecule has 0 N–H and O–H groups in total. The van der Waals surface area contributed by atoms with E-state index in [0.29, 0.717) is 10.1 Å². The van der Waals surface area contributed by atoms with Crippen molar-refractivity contribution in [3.05, 3.63) is 20.1 Å². The van der Waals surface area contributed by atoms with Gasteiger partial charge in [0.15, 0.2) is 0 Å². The summed E-state index contributed by atoms with van der Waals surface area (Å²) in [5.41, 5.74) is 0. The predicted octanol–water partition coefficient (Wildman–Crippen LogP) is 3.58. The third-order valence-corrected chi connectivity index (χ3v) is 7.06. The van der Waals surface area contributed by atoms with Gasteiger partial charge in [-0.2, -0.15) is 0 Å². The van der Waals surface area contributed by atoms with Gasteiger partial charge in [-0.3, -0.25) is 9.59 Å². The SMILES string of the molecule is O=C1OC(=O)C2C3CC(C12)C1C(Cl)=C(Cl)C(Cl)=C(Cl)C31. The molecule has 3 aliphatic carbocycles. The average Bonchev–Trinajstić information content (AvgIpc) is 3.04. The number of halogens is 4. The van der Waals surface area contributed by atoms with E-state index in [1.807, 2.05) is 0 Å². The number of cyclic esters (lactones) is 2. The smallest absolute Gasteiger partial charge is 0.317 e. The van der Waals surface area contributed by atoms with Crippen LogP contribution in [0.4, 0.5) is 0 Å². The molecule has 106 valence electrons. The van der Waals surface area contributed by atoms with Gasteiger partial charge in [0.05, 0.1) is 21.9 Å². The number of ether oxygens (including phenoxy) is 1. The molecule has 2 saturated carbocycles. The highest BCUT2D eigenvalue weighted by Gasteiger charge is 2.68. The fraction of sp³-hybridized carbons (Fsp3) is 0.538. The molecule has 0 amide bonds. The minimum atomic E-state index is -0.441. The van der Waals surface area contributed by atoms with Crippen LogP contribution in [0.2, 0.25) is 0 Å². The summed E-state index contributed by atoms with van der Waals surface area (Å²) in [5, 5.41) is 1.40. The Morgan fingerprint density at radius 2 is 1.15 bits per heavy atom.